The first-order chi connectivity index (χ1) is 13.9. The van der Waals surface area contributed by atoms with Crippen molar-refractivity contribution in [3.8, 4) is 0 Å². The van der Waals surface area contributed by atoms with Gasteiger partial charge in [0.25, 0.3) is 0 Å². The van der Waals surface area contributed by atoms with Crippen LogP contribution < -0.4 is 10.2 Å². The third-order valence-electron chi connectivity index (χ3n) is 5.22. The number of methoxy groups -OCH3 is 1. The van der Waals surface area contributed by atoms with Crippen LogP contribution in [0, 0.1) is 13.8 Å². The average molecular weight is 395 g/mol. The number of nitrogens with zero attached hydrogens (tertiary/aromatic N) is 2. The van der Waals surface area contributed by atoms with Crippen LogP contribution in [0.1, 0.15) is 21.5 Å². The Balaban J connectivity index is 1.60. The van der Waals surface area contributed by atoms with Crippen molar-refractivity contribution < 1.29 is 19.1 Å². The zero-order chi connectivity index (χ0) is 21.0. The van der Waals surface area contributed by atoms with E-state index in [2.05, 4.69) is 40.9 Å². The molecule has 1 fully saturated rings. The maximum Gasteiger partial charge on any atom is 0.337 e. The van der Waals surface area contributed by atoms with E-state index in [0.717, 1.165) is 0 Å². The van der Waals surface area contributed by atoms with Crippen LogP contribution >= 0.6 is 0 Å². The molecule has 0 saturated carbocycles. The minimum atomic E-state index is -0.716. The molecule has 152 valence electrons. The van der Waals surface area contributed by atoms with Crippen molar-refractivity contribution in [2.45, 2.75) is 13.8 Å². The van der Waals surface area contributed by atoms with Crippen molar-refractivity contribution in [3.63, 3.8) is 0 Å². The van der Waals surface area contributed by atoms with Gasteiger partial charge < -0.3 is 19.9 Å². The summed E-state index contributed by atoms with van der Waals surface area (Å²) in [6.07, 6.45) is 0. The van der Waals surface area contributed by atoms with Gasteiger partial charge in [0.1, 0.15) is 0 Å². The maximum absolute atomic E-state index is 12.5. The third-order valence-corrected chi connectivity index (χ3v) is 5.22. The largest absolute Gasteiger partial charge is 0.465 e. The number of carbonyl (C=O) groups is 3. The van der Waals surface area contributed by atoms with E-state index < -0.39 is 17.8 Å². The first kappa shape index (κ1) is 20.4. The molecule has 1 N–H and O–H groups in total. The van der Waals surface area contributed by atoms with Crippen molar-refractivity contribution in [3.05, 3.63) is 59.2 Å². The average Bonchev–Trinajstić information content (AvgIpc) is 2.75. The summed E-state index contributed by atoms with van der Waals surface area (Å²) in [6.45, 7) is 6.46. The molecule has 7 nitrogen and oxygen atoms in total. The fourth-order valence-electron chi connectivity index (χ4n) is 3.40. The fourth-order valence-corrected chi connectivity index (χ4v) is 3.40. The summed E-state index contributed by atoms with van der Waals surface area (Å²) in [5.74, 6) is -1.80. The molecule has 29 heavy (non-hydrogen) atoms. The van der Waals surface area contributed by atoms with Gasteiger partial charge in [-0.05, 0) is 49.2 Å². The van der Waals surface area contributed by atoms with Crippen molar-refractivity contribution >= 4 is 29.2 Å². The highest BCUT2D eigenvalue weighted by Gasteiger charge is 2.27. The molecule has 1 aliphatic heterocycles. The van der Waals surface area contributed by atoms with E-state index in [1.807, 2.05) is 6.07 Å². The first-order valence-electron chi connectivity index (χ1n) is 9.50. The van der Waals surface area contributed by atoms with Gasteiger partial charge in [0, 0.05) is 37.6 Å². The molecular formula is C22H25N3O4. The number of amides is 2. The Morgan fingerprint density at radius 2 is 1.66 bits per heavy atom. The van der Waals surface area contributed by atoms with Gasteiger partial charge >= 0.3 is 17.8 Å². The van der Waals surface area contributed by atoms with Gasteiger partial charge in [0.05, 0.1) is 12.7 Å². The van der Waals surface area contributed by atoms with Crippen molar-refractivity contribution in [1.82, 2.24) is 4.90 Å². The molecule has 0 aliphatic carbocycles. The second-order valence-corrected chi connectivity index (χ2v) is 7.02. The lowest BCUT2D eigenvalue weighted by Crippen LogP contribution is -2.51. The second-order valence-electron chi connectivity index (χ2n) is 7.02. The number of nitrogens with one attached hydrogen (secondary N) is 1. The monoisotopic (exact) mass is 395 g/mol. The molecular weight excluding hydrogens is 370 g/mol. The summed E-state index contributed by atoms with van der Waals surface area (Å²) < 4.78 is 4.67. The summed E-state index contributed by atoms with van der Waals surface area (Å²) in [5.41, 5.74) is 4.31. The van der Waals surface area contributed by atoms with Crippen LogP contribution in [0.25, 0.3) is 0 Å². The lowest BCUT2D eigenvalue weighted by atomic mass is 10.1. The van der Waals surface area contributed by atoms with E-state index in [0.29, 0.717) is 37.4 Å². The Bertz CT molecular complexity index is 933. The summed E-state index contributed by atoms with van der Waals surface area (Å²) in [6, 6.07) is 12.5. The molecule has 2 aromatic carbocycles. The molecule has 0 unspecified atom stereocenters. The lowest BCUT2D eigenvalue weighted by molar-refractivity contribution is -0.143. The van der Waals surface area contributed by atoms with Gasteiger partial charge in [-0.25, -0.2) is 4.79 Å². The van der Waals surface area contributed by atoms with Gasteiger partial charge in [-0.1, -0.05) is 18.2 Å². The van der Waals surface area contributed by atoms with Gasteiger partial charge in [0.15, 0.2) is 0 Å². The standard InChI is InChI=1S/C22H25N3O4/c1-15-6-4-9-19(16(15)2)24-10-12-25(13-11-24)21(27)20(26)23-18-8-5-7-17(14-18)22(28)29-3/h4-9,14H,10-13H2,1-3H3,(H,23,26). The zero-order valence-electron chi connectivity index (χ0n) is 16.9. The fraction of sp³-hybridized carbons (Fsp3) is 0.318. The quantitative estimate of drug-likeness (QED) is 0.638. The number of anilines is 2. The topological polar surface area (TPSA) is 78.9 Å². The minimum absolute atomic E-state index is 0.305. The number of benzene rings is 2. The molecule has 0 spiro atoms. The number of hydrogen-bond acceptors (Lipinski definition) is 5. The van der Waals surface area contributed by atoms with E-state index in [-0.39, 0.29) is 0 Å². The predicted molar refractivity (Wildman–Crippen MR) is 111 cm³/mol. The minimum Gasteiger partial charge on any atom is -0.465 e. The normalized spacial score (nSPS) is 13.8. The Morgan fingerprint density at radius 1 is 0.966 bits per heavy atom. The number of esters is 1. The molecule has 1 heterocycles. The van der Waals surface area contributed by atoms with E-state index in [1.54, 1.807) is 23.1 Å². The van der Waals surface area contributed by atoms with Crippen LogP contribution in [0.5, 0.6) is 0 Å². The Kier molecular flexibility index (Phi) is 6.16. The number of aryl methyl sites for hydroxylation is 1. The van der Waals surface area contributed by atoms with Gasteiger partial charge in [-0.15, -0.1) is 0 Å². The van der Waals surface area contributed by atoms with Crippen molar-refractivity contribution in [2.24, 2.45) is 0 Å². The number of piperazine rings is 1. The van der Waals surface area contributed by atoms with Crippen LogP contribution in [0.2, 0.25) is 0 Å². The Labute approximate surface area is 170 Å². The maximum atomic E-state index is 12.5. The Hall–Kier alpha value is -3.35. The van der Waals surface area contributed by atoms with Gasteiger partial charge in [-0.3, -0.25) is 9.59 Å². The number of ether oxygens (including phenoxy) is 1. The van der Waals surface area contributed by atoms with E-state index in [1.165, 1.54) is 30.0 Å². The highest BCUT2D eigenvalue weighted by atomic mass is 16.5. The van der Waals surface area contributed by atoms with E-state index in [9.17, 15) is 14.4 Å². The highest BCUT2D eigenvalue weighted by molar-refractivity contribution is 6.39. The number of hydrogen-bond donors (Lipinski definition) is 1. The molecule has 2 aromatic rings. The van der Waals surface area contributed by atoms with Crippen LogP contribution in [-0.4, -0.2) is 56.0 Å². The smallest absolute Gasteiger partial charge is 0.337 e. The number of carbonyl (C=O) groups excluding carboxylic acids is 3. The molecule has 1 aliphatic rings. The molecule has 0 atom stereocenters. The molecule has 0 radical (unpaired) electrons. The first-order valence-corrected chi connectivity index (χ1v) is 9.50. The zero-order valence-corrected chi connectivity index (χ0v) is 16.9. The van der Waals surface area contributed by atoms with E-state index in [4.69, 9.17) is 0 Å². The number of rotatable bonds is 3. The SMILES string of the molecule is COC(=O)c1cccc(NC(=O)C(=O)N2CCN(c3cccc(C)c3C)CC2)c1. The van der Waals surface area contributed by atoms with Gasteiger partial charge in [-0.2, -0.15) is 0 Å². The predicted octanol–water partition coefficient (Wildman–Crippen LogP) is 2.38. The van der Waals surface area contributed by atoms with Crippen LogP contribution in [0.15, 0.2) is 42.5 Å². The summed E-state index contributed by atoms with van der Waals surface area (Å²) >= 11 is 0. The van der Waals surface area contributed by atoms with E-state index >= 15 is 0 Å². The summed E-state index contributed by atoms with van der Waals surface area (Å²) in [5, 5.41) is 2.57. The third kappa shape index (κ3) is 4.56. The van der Waals surface area contributed by atoms with Crippen molar-refractivity contribution in [1.29, 1.82) is 0 Å². The van der Waals surface area contributed by atoms with Crippen LogP contribution in [0.4, 0.5) is 11.4 Å². The van der Waals surface area contributed by atoms with Crippen LogP contribution in [-0.2, 0) is 14.3 Å². The lowest BCUT2D eigenvalue weighted by Gasteiger charge is -2.36. The van der Waals surface area contributed by atoms with Gasteiger partial charge in [0.2, 0.25) is 0 Å². The molecule has 1 saturated heterocycles. The second kappa shape index (κ2) is 8.77. The molecule has 2 amide bonds. The van der Waals surface area contributed by atoms with Crippen LogP contribution in [0.3, 0.4) is 0 Å². The molecule has 0 bridgehead atoms. The summed E-state index contributed by atoms with van der Waals surface area (Å²) in [4.78, 5) is 40.3. The molecule has 0 aromatic heterocycles. The molecule has 3 rings (SSSR count). The molecule has 7 heteroatoms. The Morgan fingerprint density at radius 3 is 2.34 bits per heavy atom. The highest BCUT2D eigenvalue weighted by Crippen LogP contribution is 2.24. The van der Waals surface area contributed by atoms with Crippen molar-refractivity contribution in [2.75, 3.05) is 43.5 Å². The summed E-state index contributed by atoms with van der Waals surface area (Å²) in [7, 11) is 1.29.